The normalized spacial score (nSPS) is 23.9. The minimum atomic E-state index is -0.480. The molecule has 1 atom stereocenters. The molecule has 1 saturated heterocycles. The van der Waals surface area contributed by atoms with Gasteiger partial charge in [-0.3, -0.25) is 4.79 Å². The molecule has 2 aliphatic rings. The second-order valence-corrected chi connectivity index (χ2v) is 6.19. The van der Waals surface area contributed by atoms with Crippen molar-refractivity contribution in [3.05, 3.63) is 0 Å². The summed E-state index contributed by atoms with van der Waals surface area (Å²) in [6.07, 6.45) is 2.48. The maximum Gasteiger partial charge on any atom is 0.407 e. The number of nitrogens with zero attached hydrogens (tertiary/aromatic N) is 1. The molecule has 18 heavy (non-hydrogen) atoms. The van der Waals surface area contributed by atoms with Crippen LogP contribution in [0.2, 0.25) is 0 Å². The Hall–Kier alpha value is -1.26. The second-order valence-electron chi connectivity index (χ2n) is 6.19. The number of hydrogen-bond donors (Lipinski definition) is 1. The molecule has 0 aromatic carbocycles. The van der Waals surface area contributed by atoms with Crippen molar-refractivity contribution in [1.82, 2.24) is 10.2 Å². The summed E-state index contributed by atoms with van der Waals surface area (Å²) >= 11 is 0. The number of ether oxygens (including phenoxy) is 1. The van der Waals surface area contributed by atoms with Gasteiger partial charge in [-0.15, -0.1) is 0 Å². The van der Waals surface area contributed by atoms with Crippen LogP contribution in [-0.4, -0.2) is 41.6 Å². The molecule has 1 aliphatic heterocycles. The number of carbonyl (C=O) groups is 2. The third-order valence-electron chi connectivity index (χ3n) is 3.15. The third-order valence-corrected chi connectivity index (χ3v) is 3.15. The minimum Gasteiger partial charge on any atom is -0.444 e. The lowest BCUT2D eigenvalue weighted by Gasteiger charge is -2.22. The van der Waals surface area contributed by atoms with Crippen LogP contribution in [0, 0.1) is 5.92 Å². The van der Waals surface area contributed by atoms with Gasteiger partial charge in [0.25, 0.3) is 0 Å². The summed E-state index contributed by atoms with van der Waals surface area (Å²) in [6, 6.07) is 0.0301. The van der Waals surface area contributed by atoms with Crippen LogP contribution >= 0.6 is 0 Å². The average molecular weight is 254 g/mol. The fourth-order valence-electron chi connectivity index (χ4n) is 2.14. The number of likely N-dealkylation sites (tertiary alicyclic amines) is 1. The molecule has 0 aromatic heterocycles. The van der Waals surface area contributed by atoms with Gasteiger partial charge in [-0.2, -0.15) is 0 Å². The van der Waals surface area contributed by atoms with Gasteiger partial charge in [-0.1, -0.05) is 0 Å². The molecule has 2 rings (SSSR count). The zero-order valence-corrected chi connectivity index (χ0v) is 11.4. The lowest BCUT2D eigenvalue weighted by molar-refractivity contribution is -0.131. The summed E-state index contributed by atoms with van der Waals surface area (Å²) < 4.78 is 5.20. The van der Waals surface area contributed by atoms with Gasteiger partial charge in [0.05, 0.1) is 6.04 Å². The molecule has 1 aliphatic carbocycles. The van der Waals surface area contributed by atoms with E-state index < -0.39 is 11.7 Å². The molecule has 0 unspecified atom stereocenters. The summed E-state index contributed by atoms with van der Waals surface area (Å²) in [7, 11) is 0. The summed E-state index contributed by atoms with van der Waals surface area (Å²) in [5.41, 5.74) is -0.480. The van der Waals surface area contributed by atoms with E-state index in [2.05, 4.69) is 5.32 Å². The Labute approximate surface area is 108 Å². The highest BCUT2D eigenvalue weighted by Crippen LogP contribution is 2.32. The number of alkyl carbamates (subject to hydrolysis) is 1. The maximum atomic E-state index is 11.8. The van der Waals surface area contributed by atoms with E-state index in [9.17, 15) is 9.59 Å². The zero-order valence-electron chi connectivity index (χ0n) is 11.4. The number of rotatable bonds is 2. The highest BCUT2D eigenvalue weighted by molar-refractivity contribution is 5.81. The lowest BCUT2D eigenvalue weighted by Crippen LogP contribution is -2.41. The molecule has 2 fully saturated rings. The van der Waals surface area contributed by atoms with Gasteiger partial charge in [-0.05, 0) is 40.0 Å². The van der Waals surface area contributed by atoms with Gasteiger partial charge in [0, 0.05) is 19.0 Å². The summed E-state index contributed by atoms with van der Waals surface area (Å²) in [6.45, 7) is 6.88. The highest BCUT2D eigenvalue weighted by atomic mass is 16.6. The monoisotopic (exact) mass is 254 g/mol. The van der Waals surface area contributed by atoms with Crippen LogP contribution in [0.3, 0.4) is 0 Å². The van der Waals surface area contributed by atoms with Gasteiger partial charge >= 0.3 is 6.09 Å². The SMILES string of the molecule is CC(C)(C)OC(=O)N[C@@H]1CCN(C(=O)C2CC2)C1. The Morgan fingerprint density at radius 1 is 1.22 bits per heavy atom. The van der Waals surface area contributed by atoms with E-state index in [1.807, 2.05) is 25.7 Å². The first-order valence-electron chi connectivity index (χ1n) is 6.63. The van der Waals surface area contributed by atoms with E-state index in [0.717, 1.165) is 25.8 Å². The van der Waals surface area contributed by atoms with E-state index in [0.29, 0.717) is 6.54 Å². The maximum absolute atomic E-state index is 11.8. The van der Waals surface area contributed by atoms with Gasteiger partial charge in [0.15, 0.2) is 0 Å². The largest absolute Gasteiger partial charge is 0.444 e. The molecule has 2 amide bonds. The van der Waals surface area contributed by atoms with Gasteiger partial charge < -0.3 is 15.0 Å². The Balaban J connectivity index is 1.75. The van der Waals surface area contributed by atoms with Crippen molar-refractivity contribution in [3.63, 3.8) is 0 Å². The number of carbonyl (C=O) groups excluding carboxylic acids is 2. The average Bonchev–Trinajstić information content (AvgIpc) is 2.96. The Bertz CT molecular complexity index is 345. The molecule has 0 radical (unpaired) electrons. The van der Waals surface area contributed by atoms with E-state index in [1.165, 1.54) is 0 Å². The van der Waals surface area contributed by atoms with Gasteiger partial charge in [0.2, 0.25) is 5.91 Å². The molecular formula is C13H22N2O3. The second kappa shape index (κ2) is 4.78. The summed E-state index contributed by atoms with van der Waals surface area (Å²) in [5, 5.41) is 2.82. The molecule has 5 heteroatoms. The summed E-state index contributed by atoms with van der Waals surface area (Å²) in [4.78, 5) is 25.3. The standard InChI is InChI=1S/C13H22N2O3/c1-13(2,3)18-12(17)14-10-6-7-15(8-10)11(16)9-4-5-9/h9-10H,4-8H2,1-3H3,(H,14,17)/t10-/m1/s1. The Kier molecular flexibility index (Phi) is 3.50. The third kappa shape index (κ3) is 3.62. The molecule has 1 N–H and O–H groups in total. The number of hydrogen-bond acceptors (Lipinski definition) is 3. The molecule has 0 bridgehead atoms. The van der Waals surface area contributed by atoms with Crippen molar-refractivity contribution in [2.24, 2.45) is 5.92 Å². The fraction of sp³-hybridized carbons (Fsp3) is 0.846. The van der Waals surface area contributed by atoms with Crippen molar-refractivity contribution in [1.29, 1.82) is 0 Å². The number of amides is 2. The molecule has 1 saturated carbocycles. The van der Waals surface area contributed by atoms with Crippen LogP contribution < -0.4 is 5.32 Å². The molecular weight excluding hydrogens is 232 g/mol. The molecule has 1 heterocycles. The Morgan fingerprint density at radius 2 is 1.89 bits per heavy atom. The first-order chi connectivity index (χ1) is 8.35. The van der Waals surface area contributed by atoms with Crippen molar-refractivity contribution in [2.45, 2.75) is 51.7 Å². The van der Waals surface area contributed by atoms with Crippen molar-refractivity contribution >= 4 is 12.0 Å². The fourth-order valence-corrected chi connectivity index (χ4v) is 2.14. The molecule has 0 aromatic rings. The summed E-state index contributed by atoms with van der Waals surface area (Å²) in [5.74, 6) is 0.508. The van der Waals surface area contributed by atoms with Crippen LogP contribution in [0.1, 0.15) is 40.0 Å². The first kappa shape index (κ1) is 13.2. The minimum absolute atomic E-state index is 0.0301. The Morgan fingerprint density at radius 3 is 2.44 bits per heavy atom. The predicted molar refractivity (Wildman–Crippen MR) is 67.1 cm³/mol. The van der Waals surface area contributed by atoms with Crippen LogP contribution in [0.15, 0.2) is 0 Å². The van der Waals surface area contributed by atoms with E-state index in [1.54, 1.807) is 0 Å². The predicted octanol–water partition coefficient (Wildman–Crippen LogP) is 1.52. The first-order valence-corrected chi connectivity index (χ1v) is 6.63. The van der Waals surface area contributed by atoms with Crippen LogP contribution in [0.25, 0.3) is 0 Å². The van der Waals surface area contributed by atoms with Gasteiger partial charge in [0.1, 0.15) is 5.60 Å². The number of nitrogens with one attached hydrogen (secondary N) is 1. The van der Waals surface area contributed by atoms with Gasteiger partial charge in [-0.25, -0.2) is 4.79 Å². The van der Waals surface area contributed by atoms with E-state index in [4.69, 9.17) is 4.74 Å². The van der Waals surface area contributed by atoms with E-state index >= 15 is 0 Å². The van der Waals surface area contributed by atoms with Crippen molar-refractivity contribution in [2.75, 3.05) is 13.1 Å². The van der Waals surface area contributed by atoms with Crippen LogP contribution in [0.5, 0.6) is 0 Å². The molecule has 5 nitrogen and oxygen atoms in total. The molecule has 102 valence electrons. The topological polar surface area (TPSA) is 58.6 Å². The van der Waals surface area contributed by atoms with E-state index in [-0.39, 0.29) is 17.9 Å². The van der Waals surface area contributed by atoms with Crippen LogP contribution in [-0.2, 0) is 9.53 Å². The molecule has 0 spiro atoms. The van der Waals surface area contributed by atoms with Crippen molar-refractivity contribution < 1.29 is 14.3 Å². The quantitative estimate of drug-likeness (QED) is 0.813. The van der Waals surface area contributed by atoms with Crippen LogP contribution in [0.4, 0.5) is 4.79 Å². The van der Waals surface area contributed by atoms with Crippen molar-refractivity contribution in [3.8, 4) is 0 Å². The highest BCUT2D eigenvalue weighted by Gasteiger charge is 2.37. The smallest absolute Gasteiger partial charge is 0.407 e. The zero-order chi connectivity index (χ0) is 13.3. The lowest BCUT2D eigenvalue weighted by atomic mass is 10.2.